The summed E-state index contributed by atoms with van der Waals surface area (Å²) in [5.41, 5.74) is 0. The summed E-state index contributed by atoms with van der Waals surface area (Å²) in [5.74, 6) is 0. The molecule has 0 aromatic heterocycles. The maximum absolute atomic E-state index is 11.2. The van der Waals surface area contributed by atoms with Gasteiger partial charge in [0.2, 0.25) is 0 Å². The van der Waals surface area contributed by atoms with Crippen LogP contribution in [-0.2, 0) is 10.3 Å². The van der Waals surface area contributed by atoms with Crippen LogP contribution in [0.5, 0.6) is 0 Å². The molecule has 1 N–H and O–H groups in total. The molecule has 14 heavy (non-hydrogen) atoms. The zero-order valence-electron chi connectivity index (χ0n) is 8.13. The van der Waals surface area contributed by atoms with E-state index < -0.39 is 14.2 Å². The van der Waals surface area contributed by atoms with Gasteiger partial charge in [-0.05, 0) is 6.42 Å². The first-order chi connectivity index (χ1) is 6.45. The molecule has 0 saturated carbocycles. The molecule has 1 aliphatic rings. The second-order valence-electron chi connectivity index (χ2n) is 3.26. The van der Waals surface area contributed by atoms with Crippen molar-refractivity contribution in [2.45, 2.75) is 13.3 Å². The summed E-state index contributed by atoms with van der Waals surface area (Å²) in [5, 5.41) is 0. The van der Waals surface area contributed by atoms with Crippen LogP contribution in [0.3, 0.4) is 0 Å². The molecule has 1 aliphatic heterocycles. The first-order valence-corrected chi connectivity index (χ1v) is 5.77. The van der Waals surface area contributed by atoms with Crippen molar-refractivity contribution in [3.8, 4) is 0 Å². The maximum atomic E-state index is 11.2. The number of hydrogen-bond acceptors (Lipinski definition) is 3. The van der Waals surface area contributed by atoms with Crippen molar-refractivity contribution in [1.29, 1.82) is 0 Å². The summed E-state index contributed by atoms with van der Waals surface area (Å²) >= 11 is 0. The Morgan fingerprint density at radius 3 is 2.71 bits per heavy atom. The van der Waals surface area contributed by atoms with Crippen molar-refractivity contribution in [1.82, 2.24) is 4.90 Å². The van der Waals surface area contributed by atoms with E-state index in [0.29, 0.717) is 13.0 Å². The van der Waals surface area contributed by atoms with Crippen LogP contribution in [0, 0.1) is 0 Å². The lowest BCUT2D eigenvalue weighted by Crippen LogP contribution is -2.49. The van der Waals surface area contributed by atoms with Crippen LogP contribution in [0.4, 0.5) is 0 Å². The topological polar surface area (TPSA) is 57.6 Å². The van der Waals surface area contributed by atoms with Gasteiger partial charge in [0.25, 0.3) is 0 Å². The number of nitrogens with zero attached hydrogens (tertiary/aromatic N) is 2. The Hall–Kier alpha value is -0.850. The zero-order valence-corrected chi connectivity index (χ0v) is 8.94. The third kappa shape index (κ3) is 1.82. The summed E-state index contributed by atoms with van der Waals surface area (Å²) in [7, 11) is -4.11. The van der Waals surface area contributed by atoms with Crippen LogP contribution >= 0.6 is 0 Å². The van der Waals surface area contributed by atoms with E-state index in [0.717, 1.165) is 0 Å². The van der Waals surface area contributed by atoms with Gasteiger partial charge >= 0.3 is 10.3 Å². The van der Waals surface area contributed by atoms with Gasteiger partial charge in [-0.3, -0.25) is 0 Å². The largest absolute Gasteiger partial charge is 0.438 e. The standard InChI is InChI=1S/C8H14N2O3S/c1-3-6-10(14(11,12)13)7-5-9(4-2)8-10/h4-5,7H,2-3,6,8H2,1H3/p+1. The molecule has 0 aliphatic carbocycles. The molecule has 0 spiro atoms. The van der Waals surface area contributed by atoms with E-state index in [2.05, 4.69) is 6.58 Å². The van der Waals surface area contributed by atoms with Crippen molar-refractivity contribution in [2.75, 3.05) is 13.2 Å². The summed E-state index contributed by atoms with van der Waals surface area (Å²) < 4.78 is 31.2. The molecular formula is C8H15N2O3S+. The molecule has 0 amide bonds. The molecule has 0 bridgehead atoms. The first kappa shape index (κ1) is 11.2. The van der Waals surface area contributed by atoms with Gasteiger partial charge in [0, 0.05) is 6.20 Å². The highest BCUT2D eigenvalue weighted by Crippen LogP contribution is 2.23. The Balaban J connectivity index is 2.99. The Morgan fingerprint density at radius 2 is 2.36 bits per heavy atom. The average Bonchev–Trinajstić information content (AvgIpc) is 2.49. The minimum Gasteiger partial charge on any atom is -0.301 e. The predicted molar refractivity (Wildman–Crippen MR) is 53.0 cm³/mol. The van der Waals surface area contributed by atoms with E-state index in [4.69, 9.17) is 4.55 Å². The molecule has 1 atom stereocenters. The van der Waals surface area contributed by atoms with Crippen molar-refractivity contribution in [2.24, 2.45) is 0 Å². The van der Waals surface area contributed by atoms with Crippen LogP contribution in [-0.4, -0.2) is 35.0 Å². The average molecular weight is 219 g/mol. The molecule has 1 rings (SSSR count). The quantitative estimate of drug-likeness (QED) is 0.564. The minimum absolute atomic E-state index is 0.191. The lowest BCUT2D eigenvalue weighted by atomic mass is 10.4. The lowest BCUT2D eigenvalue weighted by Gasteiger charge is -2.26. The maximum Gasteiger partial charge on any atom is 0.438 e. The van der Waals surface area contributed by atoms with Crippen LogP contribution < -0.4 is 0 Å². The van der Waals surface area contributed by atoms with E-state index in [1.54, 1.807) is 11.1 Å². The Morgan fingerprint density at radius 1 is 1.71 bits per heavy atom. The zero-order chi connectivity index (χ0) is 10.8. The molecule has 0 aromatic rings. The number of quaternary nitrogens is 1. The molecule has 5 nitrogen and oxygen atoms in total. The van der Waals surface area contributed by atoms with Gasteiger partial charge < -0.3 is 4.90 Å². The Labute approximate surface area is 84.4 Å². The SMILES string of the molecule is C=CN1C=C[N+](CCC)(S(=O)(=O)O)C1. The normalized spacial score (nSPS) is 26.9. The van der Waals surface area contributed by atoms with Gasteiger partial charge in [0.1, 0.15) is 12.7 Å². The highest BCUT2D eigenvalue weighted by molar-refractivity contribution is 7.80. The van der Waals surface area contributed by atoms with Crippen molar-refractivity contribution in [3.63, 3.8) is 0 Å². The molecule has 0 aromatic carbocycles. The fourth-order valence-electron chi connectivity index (χ4n) is 1.49. The Kier molecular flexibility index (Phi) is 2.98. The molecule has 0 fully saturated rings. The van der Waals surface area contributed by atoms with Crippen LogP contribution in [0.2, 0.25) is 0 Å². The first-order valence-electron chi connectivity index (χ1n) is 4.37. The smallest absolute Gasteiger partial charge is 0.301 e. The van der Waals surface area contributed by atoms with E-state index >= 15 is 0 Å². The summed E-state index contributed by atoms with van der Waals surface area (Å²) in [6, 6.07) is 0. The van der Waals surface area contributed by atoms with Gasteiger partial charge in [0.15, 0.2) is 6.67 Å². The summed E-state index contributed by atoms with van der Waals surface area (Å²) in [6.07, 6.45) is 5.28. The van der Waals surface area contributed by atoms with E-state index in [1.807, 2.05) is 6.92 Å². The molecule has 0 saturated heterocycles. The van der Waals surface area contributed by atoms with Crippen LogP contribution in [0.25, 0.3) is 0 Å². The lowest BCUT2D eigenvalue weighted by molar-refractivity contribution is -0.758. The number of hydrogen-bond donors (Lipinski definition) is 1. The molecular weight excluding hydrogens is 204 g/mol. The third-order valence-electron chi connectivity index (χ3n) is 2.23. The van der Waals surface area contributed by atoms with Gasteiger partial charge in [-0.2, -0.15) is 0 Å². The minimum atomic E-state index is -4.11. The van der Waals surface area contributed by atoms with E-state index in [1.165, 1.54) is 12.4 Å². The van der Waals surface area contributed by atoms with Gasteiger partial charge in [-0.15, -0.1) is 12.3 Å². The second-order valence-corrected chi connectivity index (χ2v) is 4.88. The molecule has 1 heterocycles. The summed E-state index contributed by atoms with van der Waals surface area (Å²) in [6.45, 7) is 5.96. The Bertz CT molecular complexity index is 350. The van der Waals surface area contributed by atoms with Gasteiger partial charge in [-0.25, -0.2) is 4.55 Å². The molecule has 6 heteroatoms. The third-order valence-corrected chi connectivity index (χ3v) is 3.57. The monoisotopic (exact) mass is 219 g/mol. The van der Waals surface area contributed by atoms with E-state index in [9.17, 15) is 8.42 Å². The number of rotatable bonds is 4. The van der Waals surface area contributed by atoms with Crippen LogP contribution in [0.15, 0.2) is 25.2 Å². The molecule has 80 valence electrons. The predicted octanol–water partition coefficient (Wildman–Crippen LogP) is 0.904. The van der Waals surface area contributed by atoms with Gasteiger partial charge in [-0.1, -0.05) is 13.5 Å². The van der Waals surface area contributed by atoms with Crippen molar-refractivity contribution in [3.05, 3.63) is 25.2 Å². The highest BCUT2D eigenvalue weighted by atomic mass is 32.2. The fraction of sp³-hybridized carbons (Fsp3) is 0.500. The van der Waals surface area contributed by atoms with Gasteiger partial charge in [0.05, 0.1) is 6.20 Å². The summed E-state index contributed by atoms with van der Waals surface area (Å²) in [4.78, 5) is 1.63. The van der Waals surface area contributed by atoms with E-state index in [-0.39, 0.29) is 6.67 Å². The highest BCUT2D eigenvalue weighted by Gasteiger charge is 2.42. The second kappa shape index (κ2) is 3.72. The molecule has 0 radical (unpaired) electrons. The fourth-order valence-corrected chi connectivity index (χ4v) is 2.39. The molecule has 1 unspecified atom stereocenters. The van der Waals surface area contributed by atoms with Crippen molar-refractivity contribution >= 4 is 10.3 Å². The van der Waals surface area contributed by atoms with Crippen molar-refractivity contribution < 1.29 is 16.9 Å². The van der Waals surface area contributed by atoms with Crippen LogP contribution in [0.1, 0.15) is 13.3 Å².